The zero-order chi connectivity index (χ0) is 23.2. The predicted molar refractivity (Wildman–Crippen MR) is 128 cm³/mol. The second kappa shape index (κ2) is 8.94. The van der Waals surface area contributed by atoms with Crippen molar-refractivity contribution in [3.05, 3.63) is 29.8 Å². The number of carbonyl (C=O) groups excluding carboxylic acids is 2. The Morgan fingerprint density at radius 3 is 2.24 bits per heavy atom. The van der Waals surface area contributed by atoms with Crippen LogP contribution in [0.2, 0.25) is 0 Å². The van der Waals surface area contributed by atoms with Crippen LogP contribution in [0.15, 0.2) is 24.3 Å². The summed E-state index contributed by atoms with van der Waals surface area (Å²) in [4.78, 5) is 31.2. The van der Waals surface area contributed by atoms with Crippen molar-refractivity contribution in [1.29, 1.82) is 0 Å². The van der Waals surface area contributed by atoms with Crippen LogP contribution in [0, 0.1) is 23.2 Å². The lowest BCUT2D eigenvalue weighted by Crippen LogP contribution is -2.57. The molecule has 1 heterocycles. The number of benzene rings is 1. The Morgan fingerprint density at radius 2 is 1.70 bits per heavy atom. The first-order valence-electron chi connectivity index (χ1n) is 12.8. The number of hydrogen-bond acceptors (Lipinski definition) is 4. The molecule has 33 heavy (non-hydrogen) atoms. The van der Waals surface area contributed by atoms with Gasteiger partial charge in [0.1, 0.15) is 11.8 Å². The molecule has 6 nitrogen and oxygen atoms in total. The number of nitrogens with one attached hydrogen (secondary N) is 1. The van der Waals surface area contributed by atoms with E-state index in [0.717, 1.165) is 67.7 Å². The normalized spacial score (nSPS) is 33.4. The van der Waals surface area contributed by atoms with Crippen LogP contribution in [0.1, 0.15) is 63.0 Å². The first kappa shape index (κ1) is 22.7. The van der Waals surface area contributed by atoms with Gasteiger partial charge in [-0.2, -0.15) is 0 Å². The summed E-state index contributed by atoms with van der Waals surface area (Å²) in [5.41, 5.74) is 0.960. The third kappa shape index (κ3) is 4.27. The zero-order valence-electron chi connectivity index (χ0n) is 20.4. The third-order valence-electron chi connectivity index (χ3n) is 8.90. The number of carbonyl (C=O) groups is 2. The van der Waals surface area contributed by atoms with Gasteiger partial charge in [0.05, 0.1) is 18.6 Å². The number of nitrogens with zero attached hydrogens (tertiary/aromatic N) is 2. The molecule has 0 radical (unpaired) electrons. The largest absolute Gasteiger partial charge is 0.497 e. The Hall–Kier alpha value is -2.08. The van der Waals surface area contributed by atoms with Crippen molar-refractivity contribution in [2.75, 3.05) is 34.3 Å². The van der Waals surface area contributed by atoms with E-state index in [0.29, 0.717) is 12.5 Å². The summed E-state index contributed by atoms with van der Waals surface area (Å²) in [5, 5.41) is 3.19. The van der Waals surface area contributed by atoms with Crippen molar-refractivity contribution >= 4 is 11.8 Å². The molecular formula is C27H39N3O3. The average Bonchev–Trinajstić information content (AvgIpc) is 3.28. The maximum Gasteiger partial charge on any atom is 0.242 e. The molecule has 1 saturated heterocycles. The fourth-order valence-electron chi connectivity index (χ4n) is 7.70. The van der Waals surface area contributed by atoms with Crippen molar-refractivity contribution in [2.45, 2.75) is 63.5 Å². The minimum atomic E-state index is -0.316. The SMILES string of the molecule is COc1ccc(C(CNC(=O)C2CCCN2C(=O)C23CC4CC(CC(C4)C2)C3)N(C)C)cc1. The monoisotopic (exact) mass is 453 g/mol. The smallest absolute Gasteiger partial charge is 0.242 e. The standard InChI is InChI=1S/C27H39N3O3/c1-29(2)24(21-6-8-22(33-3)9-7-21)17-28-25(31)23-5-4-10-30(23)26(32)27-14-18-11-19(15-27)13-20(12-18)16-27/h6-9,18-20,23-24H,4-5,10-17H2,1-3H3,(H,28,31). The van der Waals surface area contributed by atoms with Gasteiger partial charge in [0.15, 0.2) is 0 Å². The van der Waals surface area contributed by atoms with E-state index in [4.69, 9.17) is 4.74 Å². The molecule has 6 heteroatoms. The summed E-state index contributed by atoms with van der Waals surface area (Å²) >= 11 is 0. The van der Waals surface area contributed by atoms with E-state index < -0.39 is 0 Å². The molecule has 6 rings (SSSR count). The fourth-order valence-corrected chi connectivity index (χ4v) is 7.70. The second-order valence-electron chi connectivity index (χ2n) is 11.4. The molecule has 1 N–H and O–H groups in total. The number of methoxy groups -OCH3 is 1. The minimum absolute atomic E-state index is 0.00550. The van der Waals surface area contributed by atoms with Crippen LogP contribution < -0.4 is 10.1 Å². The lowest BCUT2D eigenvalue weighted by Gasteiger charge is -2.56. The van der Waals surface area contributed by atoms with E-state index in [1.165, 1.54) is 19.3 Å². The quantitative estimate of drug-likeness (QED) is 0.685. The van der Waals surface area contributed by atoms with Gasteiger partial charge in [-0.3, -0.25) is 9.59 Å². The lowest BCUT2D eigenvalue weighted by atomic mass is 9.49. The molecule has 1 aromatic carbocycles. The van der Waals surface area contributed by atoms with E-state index in [2.05, 4.69) is 10.2 Å². The second-order valence-corrected chi connectivity index (χ2v) is 11.4. The third-order valence-corrected chi connectivity index (χ3v) is 8.90. The number of rotatable bonds is 7. The molecule has 0 spiro atoms. The highest BCUT2D eigenvalue weighted by atomic mass is 16.5. The Balaban J connectivity index is 1.25. The van der Waals surface area contributed by atoms with Crippen LogP contribution in [0.4, 0.5) is 0 Å². The number of hydrogen-bond donors (Lipinski definition) is 1. The molecule has 2 unspecified atom stereocenters. The molecule has 1 aliphatic heterocycles. The van der Waals surface area contributed by atoms with Crippen molar-refractivity contribution in [1.82, 2.24) is 15.1 Å². The Morgan fingerprint density at radius 1 is 1.09 bits per heavy atom. The molecule has 4 aliphatic carbocycles. The molecule has 5 aliphatic rings. The van der Waals surface area contributed by atoms with Gasteiger partial charge < -0.3 is 19.9 Å². The molecule has 5 fully saturated rings. The molecule has 1 aromatic rings. The van der Waals surface area contributed by atoms with Gasteiger partial charge in [0.25, 0.3) is 0 Å². The zero-order valence-corrected chi connectivity index (χ0v) is 20.4. The maximum absolute atomic E-state index is 13.9. The first-order valence-corrected chi connectivity index (χ1v) is 12.8. The van der Waals surface area contributed by atoms with E-state index in [1.807, 2.05) is 43.3 Å². The molecular weight excluding hydrogens is 414 g/mol. The number of amides is 2. The molecule has 4 bridgehead atoms. The van der Waals surface area contributed by atoms with Crippen molar-refractivity contribution in [3.63, 3.8) is 0 Å². The van der Waals surface area contributed by atoms with Gasteiger partial charge in [-0.1, -0.05) is 12.1 Å². The van der Waals surface area contributed by atoms with Gasteiger partial charge in [0, 0.05) is 13.1 Å². The number of ether oxygens (including phenoxy) is 1. The van der Waals surface area contributed by atoms with Gasteiger partial charge in [-0.25, -0.2) is 0 Å². The number of likely N-dealkylation sites (tertiary alicyclic amines) is 1. The molecule has 0 aromatic heterocycles. The highest BCUT2D eigenvalue weighted by Crippen LogP contribution is 2.60. The molecule has 2 atom stereocenters. The highest BCUT2D eigenvalue weighted by Gasteiger charge is 2.56. The Kier molecular flexibility index (Phi) is 6.15. The van der Waals surface area contributed by atoms with Crippen LogP contribution >= 0.6 is 0 Å². The average molecular weight is 454 g/mol. The van der Waals surface area contributed by atoms with Crippen molar-refractivity contribution in [2.24, 2.45) is 23.2 Å². The van der Waals surface area contributed by atoms with Gasteiger partial charge in [0.2, 0.25) is 11.8 Å². The summed E-state index contributed by atoms with van der Waals surface area (Å²) < 4.78 is 5.28. The summed E-state index contributed by atoms with van der Waals surface area (Å²) in [5.74, 6) is 3.33. The molecule has 2 amide bonds. The molecule has 180 valence electrons. The van der Waals surface area contributed by atoms with E-state index in [9.17, 15) is 9.59 Å². The maximum atomic E-state index is 13.9. The highest BCUT2D eigenvalue weighted by molar-refractivity contribution is 5.91. The van der Waals surface area contributed by atoms with E-state index >= 15 is 0 Å². The number of likely N-dealkylation sites (N-methyl/N-ethyl adjacent to an activating group) is 1. The van der Waals surface area contributed by atoms with Crippen LogP contribution in [0.3, 0.4) is 0 Å². The summed E-state index contributed by atoms with van der Waals surface area (Å²) in [6, 6.07) is 7.76. The van der Waals surface area contributed by atoms with E-state index in [1.54, 1.807) is 7.11 Å². The Labute approximate surface area is 198 Å². The minimum Gasteiger partial charge on any atom is -0.497 e. The van der Waals surface area contributed by atoms with Crippen LogP contribution in [0.25, 0.3) is 0 Å². The topological polar surface area (TPSA) is 61.9 Å². The van der Waals surface area contributed by atoms with Crippen molar-refractivity contribution < 1.29 is 14.3 Å². The van der Waals surface area contributed by atoms with E-state index in [-0.39, 0.29) is 23.4 Å². The van der Waals surface area contributed by atoms with Crippen LogP contribution in [-0.4, -0.2) is 62.0 Å². The van der Waals surface area contributed by atoms with Crippen molar-refractivity contribution in [3.8, 4) is 5.75 Å². The first-order chi connectivity index (χ1) is 15.9. The Bertz CT molecular complexity index is 846. The van der Waals surface area contributed by atoms with Gasteiger partial charge in [-0.15, -0.1) is 0 Å². The predicted octanol–water partition coefficient (Wildman–Crippen LogP) is 3.62. The lowest BCUT2D eigenvalue weighted by molar-refractivity contribution is -0.160. The van der Waals surface area contributed by atoms with Gasteiger partial charge in [-0.05, 0) is 101 Å². The summed E-state index contributed by atoms with van der Waals surface area (Å²) in [6.07, 6.45) is 8.86. The summed E-state index contributed by atoms with van der Waals surface area (Å²) in [7, 11) is 5.72. The van der Waals surface area contributed by atoms with Crippen LogP contribution in [0.5, 0.6) is 5.75 Å². The summed E-state index contributed by atoms with van der Waals surface area (Å²) in [6.45, 7) is 1.25. The fraction of sp³-hybridized carbons (Fsp3) is 0.704. The van der Waals surface area contributed by atoms with Gasteiger partial charge >= 0.3 is 0 Å². The van der Waals surface area contributed by atoms with Crippen LogP contribution in [-0.2, 0) is 9.59 Å². The molecule has 4 saturated carbocycles.